The van der Waals surface area contributed by atoms with Gasteiger partial charge in [0.15, 0.2) is 0 Å². The van der Waals surface area contributed by atoms with Crippen molar-refractivity contribution in [2.24, 2.45) is 17.8 Å². The number of carboxylic acids is 3. The van der Waals surface area contributed by atoms with Crippen molar-refractivity contribution in [2.45, 2.75) is 130 Å². The predicted molar refractivity (Wildman–Crippen MR) is 203 cm³/mol. The first-order valence-electron chi connectivity index (χ1n) is 17.1. The molecule has 0 aliphatic heterocycles. The number of carbonyl (C=O) groups excluding carboxylic acids is 1. The number of methoxy groups -OCH3 is 1. The molecule has 0 bridgehead atoms. The molecule has 0 amide bonds. The van der Waals surface area contributed by atoms with Crippen LogP contribution in [0.15, 0.2) is 0 Å². The minimum absolute atomic E-state index is 0.0473. The maximum absolute atomic E-state index is 10.3. The molecule has 0 saturated carbocycles. The van der Waals surface area contributed by atoms with Gasteiger partial charge in [0.05, 0.1) is 17.3 Å². The van der Waals surface area contributed by atoms with Crippen LogP contribution in [0.25, 0.3) is 0 Å². The van der Waals surface area contributed by atoms with Gasteiger partial charge in [0.2, 0.25) is 0 Å². The normalized spacial score (nSPS) is 12.1. The molecule has 2 radical (unpaired) electrons. The molecular formula is C34H68O8S3Sn. The zero-order valence-corrected chi connectivity index (χ0v) is 35.6. The molecule has 0 heterocycles. The Kier molecular flexibility index (Phi) is 48.8. The van der Waals surface area contributed by atoms with Crippen molar-refractivity contribution in [3.05, 3.63) is 0 Å². The zero-order valence-electron chi connectivity index (χ0n) is 30.3. The van der Waals surface area contributed by atoms with E-state index in [1.807, 2.05) is 6.92 Å². The molecule has 12 heteroatoms. The SMILES string of the molecule is CCCCC(CC)CSCC(=O)O.CCCCC(CC)CSCC(=O)O.CCCCC(CC)CSCC(=O)O.C[CH2][Sn][C](=O)OC. The molecule has 0 rings (SSSR count). The van der Waals surface area contributed by atoms with Crippen LogP contribution >= 0.6 is 35.3 Å². The van der Waals surface area contributed by atoms with Crippen LogP contribution in [0, 0.1) is 17.8 Å². The van der Waals surface area contributed by atoms with Gasteiger partial charge in [0, 0.05) is 0 Å². The van der Waals surface area contributed by atoms with Gasteiger partial charge in [-0.05, 0) is 54.3 Å². The summed E-state index contributed by atoms with van der Waals surface area (Å²) < 4.78 is 5.51. The van der Waals surface area contributed by atoms with E-state index in [0.29, 0.717) is 17.8 Å². The van der Waals surface area contributed by atoms with Crippen LogP contribution in [0.1, 0.15) is 126 Å². The van der Waals surface area contributed by atoms with E-state index in [1.165, 1.54) is 84.2 Å². The second-order valence-corrected chi connectivity index (χ2v) is 18.3. The predicted octanol–water partition coefficient (Wildman–Crippen LogP) is 9.96. The van der Waals surface area contributed by atoms with Gasteiger partial charge >= 0.3 is 71.0 Å². The fourth-order valence-corrected chi connectivity index (χ4v) is 8.17. The van der Waals surface area contributed by atoms with Crippen molar-refractivity contribution in [2.75, 3.05) is 41.6 Å². The molecule has 0 aromatic carbocycles. The number of thioether (sulfide) groups is 3. The first-order valence-corrected chi connectivity index (χ1v) is 24.0. The van der Waals surface area contributed by atoms with Crippen LogP contribution in [0.3, 0.4) is 0 Å². The average molecular weight is 820 g/mol. The standard InChI is InChI=1S/3C10H20O2S.C2H3O2.C2H5.Sn/c3*1-3-5-6-9(4-2)7-13-8-10(11)12;1-4-2-3;1-2;/h3*9H,3-8H2,1-2H3,(H,11,12);1H3;1H2,2H3;. The summed E-state index contributed by atoms with van der Waals surface area (Å²) in [6.45, 7) is 15.1. The fraction of sp³-hybridized carbons (Fsp3) is 0.882. The molecule has 0 spiro atoms. The van der Waals surface area contributed by atoms with Gasteiger partial charge in [-0.1, -0.05) is 99.3 Å². The second kappa shape index (κ2) is 42.8. The van der Waals surface area contributed by atoms with Gasteiger partial charge < -0.3 is 15.3 Å². The molecule has 0 saturated heterocycles. The molecule has 46 heavy (non-hydrogen) atoms. The number of ether oxygens (including phenoxy) is 1. The number of hydrogen-bond donors (Lipinski definition) is 3. The monoisotopic (exact) mass is 820 g/mol. The summed E-state index contributed by atoms with van der Waals surface area (Å²) >= 11 is 3.88. The molecule has 8 nitrogen and oxygen atoms in total. The molecule has 0 aliphatic carbocycles. The Bertz CT molecular complexity index is 625. The summed E-state index contributed by atoms with van der Waals surface area (Å²) in [6, 6.07) is 0. The second-order valence-electron chi connectivity index (χ2n) is 11.0. The number of unbranched alkanes of at least 4 members (excludes halogenated alkanes) is 3. The first-order chi connectivity index (χ1) is 21.9. The summed E-state index contributed by atoms with van der Waals surface area (Å²) in [7, 11) is 1.44. The topological polar surface area (TPSA) is 138 Å². The van der Waals surface area contributed by atoms with Crippen LogP contribution in [-0.2, 0) is 19.1 Å². The molecule has 3 N–H and O–H groups in total. The Morgan fingerprint density at radius 3 is 1.00 bits per heavy atom. The number of carbonyl (C=O) groups is 4. The molecular weight excluding hydrogens is 751 g/mol. The number of rotatable bonds is 26. The van der Waals surface area contributed by atoms with Crippen LogP contribution in [0.2, 0.25) is 4.44 Å². The summed E-state index contributed by atoms with van der Waals surface area (Å²) in [5.74, 6) is 3.81. The van der Waals surface area contributed by atoms with Gasteiger partial charge in [-0.15, -0.1) is 35.3 Å². The third kappa shape index (κ3) is 48.1. The van der Waals surface area contributed by atoms with Crippen LogP contribution in [0.4, 0.5) is 4.79 Å². The molecule has 3 atom stereocenters. The van der Waals surface area contributed by atoms with E-state index in [4.69, 9.17) is 15.3 Å². The van der Waals surface area contributed by atoms with Crippen molar-refractivity contribution in [3.63, 3.8) is 0 Å². The van der Waals surface area contributed by atoms with E-state index in [-0.39, 0.29) is 21.2 Å². The molecule has 274 valence electrons. The third-order valence-electron chi connectivity index (χ3n) is 6.87. The van der Waals surface area contributed by atoms with Gasteiger partial charge in [-0.3, -0.25) is 14.4 Å². The van der Waals surface area contributed by atoms with Crippen LogP contribution in [-0.4, -0.2) is 100.0 Å². The van der Waals surface area contributed by atoms with Crippen LogP contribution < -0.4 is 0 Å². The Morgan fingerprint density at radius 1 is 0.565 bits per heavy atom. The Morgan fingerprint density at radius 2 is 0.848 bits per heavy atom. The number of hydrogen-bond acceptors (Lipinski definition) is 8. The third-order valence-corrected chi connectivity index (χ3v) is 12.8. The molecule has 0 aromatic rings. The fourth-order valence-electron chi connectivity index (χ4n) is 3.85. The van der Waals surface area contributed by atoms with Crippen molar-refractivity contribution in [3.8, 4) is 0 Å². The van der Waals surface area contributed by atoms with E-state index in [9.17, 15) is 19.2 Å². The van der Waals surface area contributed by atoms with E-state index in [0.717, 1.165) is 21.7 Å². The summed E-state index contributed by atoms with van der Waals surface area (Å²) in [4.78, 5) is 41.1. The molecule has 0 fully saturated rings. The summed E-state index contributed by atoms with van der Waals surface area (Å²) in [5, 5.41) is 25.4. The average Bonchev–Trinajstić information content (AvgIpc) is 3.02. The molecule has 0 aromatic heterocycles. The van der Waals surface area contributed by atoms with Crippen molar-refractivity contribution < 1.29 is 39.2 Å². The minimum atomic E-state index is -0.751. The van der Waals surface area contributed by atoms with Crippen molar-refractivity contribution in [1.29, 1.82) is 0 Å². The van der Waals surface area contributed by atoms with E-state index >= 15 is 0 Å². The van der Waals surface area contributed by atoms with Gasteiger partial charge in [0.1, 0.15) is 0 Å². The van der Waals surface area contributed by atoms with Gasteiger partial charge in [0.25, 0.3) is 0 Å². The van der Waals surface area contributed by atoms with Crippen LogP contribution in [0.5, 0.6) is 0 Å². The Hall–Kier alpha value is -0.271. The van der Waals surface area contributed by atoms with E-state index < -0.39 is 39.1 Å². The van der Waals surface area contributed by atoms with E-state index in [1.54, 1.807) is 35.3 Å². The van der Waals surface area contributed by atoms with Gasteiger partial charge in [-0.2, -0.15) is 0 Å². The first kappa shape index (κ1) is 52.5. The summed E-state index contributed by atoms with van der Waals surface area (Å²) in [6.07, 6.45) is 14.8. The quantitative estimate of drug-likeness (QED) is 0.0719. The Balaban J connectivity index is -0.000000261. The molecule has 3 unspecified atom stereocenters. The van der Waals surface area contributed by atoms with E-state index in [2.05, 4.69) is 46.3 Å². The zero-order chi connectivity index (χ0) is 36.0. The Labute approximate surface area is 305 Å². The van der Waals surface area contributed by atoms with Crippen molar-refractivity contribution >= 4 is 78.3 Å². The van der Waals surface area contributed by atoms with Crippen molar-refractivity contribution in [1.82, 2.24) is 0 Å². The molecule has 0 aliphatic rings. The maximum atomic E-state index is 10.3. The number of carboxylic acid groups (broad SMARTS) is 3. The number of aliphatic carboxylic acids is 3. The summed E-state index contributed by atoms with van der Waals surface area (Å²) in [5.41, 5.74) is 0. The van der Waals surface area contributed by atoms with Gasteiger partial charge in [-0.25, -0.2) is 0 Å².